The molecule has 1 aromatic heterocycles. The summed E-state index contributed by atoms with van der Waals surface area (Å²) in [6.45, 7) is 12.2. The van der Waals surface area contributed by atoms with Crippen molar-refractivity contribution in [3.05, 3.63) is 23.9 Å². The molecule has 17 heavy (non-hydrogen) atoms. The first-order chi connectivity index (χ1) is 8.17. The highest BCUT2D eigenvalue weighted by Crippen LogP contribution is 2.17. The second kappa shape index (κ2) is 8.99. The second-order valence-electron chi connectivity index (χ2n) is 4.06. The average molecular weight is 237 g/mol. The van der Waals surface area contributed by atoms with Crippen molar-refractivity contribution in [3.8, 4) is 0 Å². The molecule has 1 saturated heterocycles. The van der Waals surface area contributed by atoms with E-state index in [2.05, 4.69) is 36.7 Å². The summed E-state index contributed by atoms with van der Waals surface area (Å²) in [5.41, 5.74) is 6.93. The average Bonchev–Trinajstić information content (AvgIpc) is 2.29. The van der Waals surface area contributed by atoms with E-state index >= 15 is 0 Å². The normalized spacial score (nSPS) is 13.9. The molecule has 2 N–H and O–H groups in total. The van der Waals surface area contributed by atoms with Crippen molar-refractivity contribution in [2.45, 2.75) is 47.1 Å². The van der Waals surface area contributed by atoms with Gasteiger partial charge in [-0.15, -0.1) is 0 Å². The van der Waals surface area contributed by atoms with Gasteiger partial charge in [0.15, 0.2) is 0 Å². The molecule has 2 heterocycles. The monoisotopic (exact) mass is 237 g/mol. The van der Waals surface area contributed by atoms with Gasteiger partial charge in [-0.3, -0.25) is 0 Å². The Balaban J connectivity index is 0.000000450. The number of pyridine rings is 1. The van der Waals surface area contributed by atoms with Gasteiger partial charge in [-0.1, -0.05) is 34.1 Å². The minimum Gasteiger partial charge on any atom is -0.353 e. The molecular formula is C14H27N3. The van der Waals surface area contributed by atoms with Gasteiger partial charge in [0.25, 0.3) is 0 Å². The van der Waals surface area contributed by atoms with Crippen LogP contribution in [-0.2, 0) is 0 Å². The first kappa shape index (κ1) is 15.9. The molecule has 0 bridgehead atoms. The fourth-order valence-electron chi connectivity index (χ4n) is 1.39. The van der Waals surface area contributed by atoms with Crippen molar-refractivity contribution in [2.24, 2.45) is 5.73 Å². The molecule has 0 aliphatic carbocycles. The third-order valence-electron chi connectivity index (χ3n) is 2.13. The highest BCUT2D eigenvalue weighted by Gasteiger charge is 2.23. The van der Waals surface area contributed by atoms with Crippen LogP contribution in [0.4, 0.5) is 5.82 Å². The Morgan fingerprint density at radius 3 is 2.29 bits per heavy atom. The molecule has 1 aliphatic heterocycles. The maximum Gasteiger partial charge on any atom is 0.128 e. The summed E-state index contributed by atoms with van der Waals surface area (Å²) >= 11 is 0. The van der Waals surface area contributed by atoms with Crippen LogP contribution in [0.2, 0.25) is 0 Å². The van der Waals surface area contributed by atoms with Crippen molar-refractivity contribution in [1.29, 1.82) is 0 Å². The van der Waals surface area contributed by atoms with Crippen molar-refractivity contribution in [1.82, 2.24) is 4.98 Å². The molecule has 1 fully saturated rings. The number of nitrogens with zero attached hydrogens (tertiary/aromatic N) is 2. The Morgan fingerprint density at radius 2 is 1.88 bits per heavy atom. The largest absolute Gasteiger partial charge is 0.353 e. The highest BCUT2D eigenvalue weighted by atomic mass is 15.3. The summed E-state index contributed by atoms with van der Waals surface area (Å²) in [4.78, 5) is 6.46. The lowest BCUT2D eigenvalue weighted by Gasteiger charge is -2.37. The van der Waals surface area contributed by atoms with E-state index in [0.717, 1.165) is 18.9 Å². The minimum absolute atomic E-state index is 0.340. The molecule has 98 valence electrons. The molecule has 0 radical (unpaired) electrons. The van der Waals surface area contributed by atoms with Gasteiger partial charge < -0.3 is 10.6 Å². The third-order valence-corrected chi connectivity index (χ3v) is 2.13. The van der Waals surface area contributed by atoms with Crippen LogP contribution >= 0.6 is 0 Å². The Bertz CT molecular complexity index is 293. The van der Waals surface area contributed by atoms with E-state index in [1.54, 1.807) is 0 Å². The van der Waals surface area contributed by atoms with Gasteiger partial charge in [0.05, 0.1) is 0 Å². The van der Waals surface area contributed by atoms with Crippen molar-refractivity contribution < 1.29 is 0 Å². The molecule has 0 atom stereocenters. The second-order valence-corrected chi connectivity index (χ2v) is 4.06. The van der Waals surface area contributed by atoms with Crippen LogP contribution in [0.3, 0.4) is 0 Å². The molecule has 3 heteroatoms. The van der Waals surface area contributed by atoms with Crippen molar-refractivity contribution >= 4 is 5.82 Å². The molecule has 0 amide bonds. The Morgan fingerprint density at radius 1 is 1.35 bits per heavy atom. The van der Waals surface area contributed by atoms with Crippen LogP contribution in [0.5, 0.6) is 0 Å². The molecule has 3 nitrogen and oxygen atoms in total. The Hall–Kier alpha value is -1.09. The zero-order valence-electron chi connectivity index (χ0n) is 11.9. The van der Waals surface area contributed by atoms with E-state index < -0.39 is 0 Å². The maximum atomic E-state index is 5.67. The van der Waals surface area contributed by atoms with E-state index in [9.17, 15) is 0 Å². The predicted octanol–water partition coefficient (Wildman–Crippen LogP) is 2.98. The van der Waals surface area contributed by atoms with Gasteiger partial charge in [0.2, 0.25) is 0 Å². The lowest BCUT2D eigenvalue weighted by molar-refractivity contribution is 0.514. The molecule has 0 aromatic carbocycles. The van der Waals surface area contributed by atoms with Gasteiger partial charge in [-0.25, -0.2) is 4.98 Å². The summed E-state index contributed by atoms with van der Waals surface area (Å²) in [7, 11) is 0. The first-order valence-corrected chi connectivity index (χ1v) is 6.60. The molecule has 0 unspecified atom stereocenters. The quantitative estimate of drug-likeness (QED) is 0.816. The first-order valence-electron chi connectivity index (χ1n) is 6.60. The maximum absolute atomic E-state index is 5.67. The Labute approximate surface area is 106 Å². The lowest BCUT2D eigenvalue weighted by Crippen LogP contribution is -2.56. The van der Waals surface area contributed by atoms with Crippen molar-refractivity contribution in [3.63, 3.8) is 0 Å². The summed E-state index contributed by atoms with van der Waals surface area (Å²) in [5.74, 6) is 1.05. The fourth-order valence-corrected chi connectivity index (χ4v) is 1.39. The van der Waals surface area contributed by atoms with E-state index in [4.69, 9.17) is 5.73 Å². The van der Waals surface area contributed by atoms with Crippen LogP contribution in [-0.4, -0.2) is 24.1 Å². The summed E-state index contributed by atoms with van der Waals surface area (Å²) in [5, 5.41) is 0. The van der Waals surface area contributed by atoms with Crippen molar-refractivity contribution in [2.75, 3.05) is 18.0 Å². The van der Waals surface area contributed by atoms with E-state index in [0.29, 0.717) is 6.04 Å². The standard InChI is InChI=1S/C9H13N3.C3H8.C2H6/c1-7-2-3-11-9(4-7)12-5-8(10)6-12;1-3-2;1-2/h2-4,8H,5-6,10H2,1H3;3H2,1-2H3;1-2H3. The van der Waals surface area contributed by atoms with E-state index in [-0.39, 0.29) is 0 Å². The van der Waals surface area contributed by atoms with E-state index in [1.165, 1.54) is 12.0 Å². The number of aromatic nitrogens is 1. The molecule has 1 aliphatic rings. The van der Waals surface area contributed by atoms with Crippen LogP contribution in [0.25, 0.3) is 0 Å². The molecular weight excluding hydrogens is 210 g/mol. The SMILES string of the molecule is CC.CCC.Cc1ccnc(N2CC(N)C2)c1. The van der Waals surface area contributed by atoms with Gasteiger partial charge >= 0.3 is 0 Å². The number of anilines is 1. The number of rotatable bonds is 1. The minimum atomic E-state index is 0.340. The van der Waals surface area contributed by atoms with Crippen LogP contribution in [0, 0.1) is 6.92 Å². The lowest BCUT2D eigenvalue weighted by atomic mass is 10.1. The summed E-state index contributed by atoms with van der Waals surface area (Å²) < 4.78 is 0. The van der Waals surface area contributed by atoms with Gasteiger partial charge in [-0.05, 0) is 24.6 Å². The van der Waals surface area contributed by atoms with Crippen LogP contribution < -0.4 is 10.6 Å². The van der Waals surface area contributed by atoms with Gasteiger partial charge in [0, 0.05) is 25.3 Å². The van der Waals surface area contributed by atoms with Gasteiger partial charge in [-0.2, -0.15) is 0 Å². The fraction of sp³-hybridized carbons (Fsp3) is 0.643. The molecule has 2 rings (SSSR count). The number of aryl methyl sites for hydroxylation is 1. The zero-order chi connectivity index (χ0) is 13.3. The number of hydrogen-bond acceptors (Lipinski definition) is 3. The smallest absolute Gasteiger partial charge is 0.128 e. The topological polar surface area (TPSA) is 42.2 Å². The summed E-state index contributed by atoms with van der Waals surface area (Å²) in [6.07, 6.45) is 3.09. The predicted molar refractivity (Wildman–Crippen MR) is 76.5 cm³/mol. The van der Waals surface area contributed by atoms with Crippen LogP contribution in [0.15, 0.2) is 18.3 Å². The third kappa shape index (κ3) is 5.68. The highest BCUT2D eigenvalue weighted by molar-refractivity contribution is 5.43. The van der Waals surface area contributed by atoms with E-state index in [1.807, 2.05) is 26.1 Å². The van der Waals surface area contributed by atoms with Gasteiger partial charge in [0.1, 0.15) is 5.82 Å². The Kier molecular flexibility index (Phi) is 8.42. The zero-order valence-corrected chi connectivity index (χ0v) is 11.9. The molecule has 1 aromatic rings. The molecule has 0 saturated carbocycles. The molecule has 0 spiro atoms. The number of hydrogen-bond donors (Lipinski definition) is 1. The number of nitrogens with two attached hydrogens (primary N) is 1. The summed E-state index contributed by atoms with van der Waals surface area (Å²) in [6, 6.07) is 4.43. The van der Waals surface area contributed by atoms with Crippen LogP contribution in [0.1, 0.15) is 39.7 Å².